The van der Waals surface area contributed by atoms with Gasteiger partial charge in [0, 0.05) is 5.92 Å². The van der Waals surface area contributed by atoms with Gasteiger partial charge in [-0.15, -0.1) is 0 Å². The molecule has 4 nitrogen and oxygen atoms in total. The monoisotopic (exact) mass is 300 g/mol. The molecular formula is C17H32O4. The Hall–Kier alpha value is -0.610. The zero-order valence-corrected chi connectivity index (χ0v) is 14.1. The van der Waals surface area contributed by atoms with E-state index in [4.69, 9.17) is 9.78 Å². The molecule has 1 rings (SSSR count). The Bertz CT molecular complexity index is 310. The molecule has 0 heterocycles. The molecule has 0 aromatic heterocycles. The molecule has 1 saturated carbocycles. The van der Waals surface area contributed by atoms with Crippen molar-refractivity contribution < 1.29 is 19.7 Å². The molecule has 2 unspecified atom stereocenters. The van der Waals surface area contributed by atoms with Crippen LogP contribution in [-0.4, -0.2) is 22.8 Å². The van der Waals surface area contributed by atoms with Gasteiger partial charge in [0.2, 0.25) is 5.60 Å². The summed E-state index contributed by atoms with van der Waals surface area (Å²) in [6.07, 6.45) is 8.07. The fourth-order valence-corrected chi connectivity index (χ4v) is 3.61. The van der Waals surface area contributed by atoms with E-state index in [0.29, 0.717) is 12.3 Å². The lowest BCUT2D eigenvalue weighted by atomic mass is 9.69. The first-order valence-corrected chi connectivity index (χ1v) is 8.55. The van der Waals surface area contributed by atoms with Crippen LogP contribution in [0.5, 0.6) is 0 Å². The molecule has 0 spiro atoms. The SMILES string of the molecule is CCCC(C1CCCCC1)C(CC)(OOC(C)C)C(=O)O. The fourth-order valence-electron chi connectivity index (χ4n) is 3.61. The first-order chi connectivity index (χ1) is 9.97. The van der Waals surface area contributed by atoms with Crippen molar-refractivity contribution in [3.63, 3.8) is 0 Å². The third-order valence-electron chi connectivity index (χ3n) is 4.69. The van der Waals surface area contributed by atoms with Crippen LogP contribution in [-0.2, 0) is 14.6 Å². The van der Waals surface area contributed by atoms with Gasteiger partial charge in [-0.3, -0.25) is 0 Å². The highest BCUT2D eigenvalue weighted by Crippen LogP contribution is 2.42. The molecule has 0 aromatic carbocycles. The van der Waals surface area contributed by atoms with Gasteiger partial charge >= 0.3 is 5.97 Å². The summed E-state index contributed by atoms with van der Waals surface area (Å²) >= 11 is 0. The van der Waals surface area contributed by atoms with E-state index >= 15 is 0 Å². The van der Waals surface area contributed by atoms with Crippen molar-refractivity contribution in [3.8, 4) is 0 Å². The van der Waals surface area contributed by atoms with Crippen molar-refractivity contribution in [3.05, 3.63) is 0 Å². The molecule has 0 radical (unpaired) electrons. The first-order valence-electron chi connectivity index (χ1n) is 8.55. The number of aliphatic carboxylic acids is 1. The second kappa shape index (κ2) is 8.74. The maximum atomic E-state index is 12.0. The highest BCUT2D eigenvalue weighted by atomic mass is 17.2. The molecule has 0 bridgehead atoms. The lowest BCUT2D eigenvalue weighted by Gasteiger charge is -2.41. The minimum Gasteiger partial charge on any atom is -0.479 e. The largest absolute Gasteiger partial charge is 0.479 e. The Morgan fingerprint density at radius 1 is 1.24 bits per heavy atom. The van der Waals surface area contributed by atoms with Crippen LogP contribution in [0.2, 0.25) is 0 Å². The van der Waals surface area contributed by atoms with Crippen molar-refractivity contribution in [1.29, 1.82) is 0 Å². The summed E-state index contributed by atoms with van der Waals surface area (Å²) in [6, 6.07) is 0. The highest BCUT2D eigenvalue weighted by Gasteiger charge is 2.50. The maximum absolute atomic E-state index is 12.0. The van der Waals surface area contributed by atoms with E-state index < -0.39 is 11.6 Å². The molecule has 124 valence electrons. The summed E-state index contributed by atoms with van der Waals surface area (Å²) in [5.74, 6) is -0.413. The summed E-state index contributed by atoms with van der Waals surface area (Å²) in [5.41, 5.74) is -1.21. The summed E-state index contributed by atoms with van der Waals surface area (Å²) in [7, 11) is 0. The Balaban J connectivity index is 3.00. The number of carbonyl (C=O) groups is 1. The summed E-state index contributed by atoms with van der Waals surface area (Å²) in [4.78, 5) is 22.9. The number of hydrogen-bond donors (Lipinski definition) is 1. The lowest BCUT2D eigenvalue weighted by molar-refractivity contribution is -0.385. The quantitative estimate of drug-likeness (QED) is 0.500. The molecule has 0 aliphatic heterocycles. The van der Waals surface area contributed by atoms with Crippen LogP contribution in [0.1, 0.15) is 79.1 Å². The molecule has 0 aromatic rings. The smallest absolute Gasteiger partial charge is 0.339 e. The molecule has 1 aliphatic carbocycles. The van der Waals surface area contributed by atoms with Crippen molar-refractivity contribution in [1.82, 2.24) is 0 Å². The summed E-state index contributed by atoms with van der Waals surface area (Å²) in [6.45, 7) is 7.72. The van der Waals surface area contributed by atoms with E-state index in [0.717, 1.165) is 25.7 Å². The predicted octanol–water partition coefficient (Wildman–Crippen LogP) is 4.57. The summed E-state index contributed by atoms with van der Waals surface area (Å²) in [5, 5.41) is 9.86. The minimum atomic E-state index is -1.21. The zero-order chi connectivity index (χ0) is 15.9. The van der Waals surface area contributed by atoms with E-state index in [1.807, 2.05) is 20.8 Å². The molecule has 1 fully saturated rings. The highest BCUT2D eigenvalue weighted by molar-refractivity contribution is 5.77. The second-order valence-corrected chi connectivity index (χ2v) is 6.57. The molecule has 4 heteroatoms. The van der Waals surface area contributed by atoms with Gasteiger partial charge in [0.05, 0.1) is 6.10 Å². The van der Waals surface area contributed by atoms with Gasteiger partial charge in [0.25, 0.3) is 0 Å². The summed E-state index contributed by atoms with van der Waals surface area (Å²) < 4.78 is 0. The van der Waals surface area contributed by atoms with Gasteiger partial charge in [-0.05, 0) is 32.6 Å². The van der Waals surface area contributed by atoms with E-state index in [9.17, 15) is 9.90 Å². The van der Waals surface area contributed by atoms with Crippen molar-refractivity contribution in [2.24, 2.45) is 11.8 Å². The molecule has 21 heavy (non-hydrogen) atoms. The standard InChI is InChI=1S/C17H32O4/c1-5-10-15(14-11-8-7-9-12-14)17(6-2,16(18)19)21-20-13(3)4/h13-15H,5-12H2,1-4H3,(H,18,19). The van der Waals surface area contributed by atoms with Crippen molar-refractivity contribution in [2.75, 3.05) is 0 Å². The molecule has 1 N–H and O–H groups in total. The molecule has 2 atom stereocenters. The average Bonchev–Trinajstić information content (AvgIpc) is 2.47. The normalized spacial score (nSPS) is 21.2. The zero-order valence-electron chi connectivity index (χ0n) is 14.1. The topological polar surface area (TPSA) is 55.8 Å². The van der Waals surface area contributed by atoms with Crippen LogP contribution in [0, 0.1) is 11.8 Å². The van der Waals surface area contributed by atoms with Crippen LogP contribution in [0.4, 0.5) is 0 Å². The number of carboxylic acids is 1. The Labute approximate surface area is 129 Å². The number of rotatable bonds is 9. The number of carboxylic acid groups (broad SMARTS) is 1. The fraction of sp³-hybridized carbons (Fsp3) is 0.941. The van der Waals surface area contributed by atoms with Crippen LogP contribution in [0.3, 0.4) is 0 Å². The average molecular weight is 300 g/mol. The van der Waals surface area contributed by atoms with Crippen LogP contribution in [0.15, 0.2) is 0 Å². The van der Waals surface area contributed by atoms with E-state index in [2.05, 4.69) is 6.92 Å². The van der Waals surface area contributed by atoms with Gasteiger partial charge in [-0.1, -0.05) is 52.4 Å². The van der Waals surface area contributed by atoms with Crippen LogP contribution >= 0.6 is 0 Å². The Morgan fingerprint density at radius 2 is 1.86 bits per heavy atom. The van der Waals surface area contributed by atoms with Crippen molar-refractivity contribution in [2.45, 2.75) is 90.8 Å². The van der Waals surface area contributed by atoms with Gasteiger partial charge < -0.3 is 5.11 Å². The minimum absolute atomic E-state index is 0.0315. The van der Waals surface area contributed by atoms with Gasteiger partial charge in [0.1, 0.15) is 0 Å². The van der Waals surface area contributed by atoms with E-state index in [1.54, 1.807) is 0 Å². The first kappa shape index (κ1) is 18.4. The molecule has 0 amide bonds. The third-order valence-corrected chi connectivity index (χ3v) is 4.69. The molecule has 1 aliphatic rings. The van der Waals surface area contributed by atoms with Gasteiger partial charge in [0.15, 0.2) is 0 Å². The Kier molecular flexibility index (Phi) is 7.67. The third kappa shape index (κ3) is 4.68. The molecular weight excluding hydrogens is 268 g/mol. The second-order valence-electron chi connectivity index (χ2n) is 6.57. The van der Waals surface area contributed by atoms with Gasteiger partial charge in [-0.25, -0.2) is 14.6 Å². The van der Waals surface area contributed by atoms with Gasteiger partial charge in [-0.2, -0.15) is 0 Å². The Morgan fingerprint density at radius 3 is 2.29 bits per heavy atom. The molecule has 0 saturated heterocycles. The van der Waals surface area contributed by atoms with Crippen molar-refractivity contribution >= 4 is 5.97 Å². The predicted molar refractivity (Wildman–Crippen MR) is 82.9 cm³/mol. The maximum Gasteiger partial charge on any atom is 0.339 e. The van der Waals surface area contributed by atoms with E-state index in [1.165, 1.54) is 19.3 Å². The number of hydrogen-bond acceptors (Lipinski definition) is 3. The van der Waals surface area contributed by atoms with Crippen LogP contribution in [0.25, 0.3) is 0 Å². The van der Waals surface area contributed by atoms with E-state index in [-0.39, 0.29) is 12.0 Å². The van der Waals surface area contributed by atoms with Crippen LogP contribution < -0.4 is 0 Å². The lowest BCUT2D eigenvalue weighted by Crippen LogP contribution is -2.51.